The molecule has 0 bridgehead atoms. The van der Waals surface area contributed by atoms with Gasteiger partial charge in [-0.2, -0.15) is 0 Å². The van der Waals surface area contributed by atoms with Crippen molar-refractivity contribution in [2.45, 2.75) is 6.54 Å². The lowest BCUT2D eigenvalue weighted by atomic mass is 10.0. The molecule has 17 nitrogen and oxygen atoms in total. The molecule has 0 saturated heterocycles. The summed E-state index contributed by atoms with van der Waals surface area (Å²) >= 11 is 0. The second-order valence-corrected chi connectivity index (χ2v) is 9.37. The number of aromatic nitrogens is 3. The molecule has 0 radical (unpaired) electrons. The number of ketones is 1. The normalized spacial score (nSPS) is 11.6. The summed E-state index contributed by atoms with van der Waals surface area (Å²) in [5, 5.41) is 63.0. The maximum atomic E-state index is 13.2. The average Bonchev–Trinajstić information content (AvgIpc) is 3.38. The molecule has 224 valence electrons. The van der Waals surface area contributed by atoms with E-state index in [9.17, 15) is 50.4 Å². The van der Waals surface area contributed by atoms with Gasteiger partial charge in [0.2, 0.25) is 17.0 Å². The molecular formula is C28H18N7O10+. The molecule has 0 amide bonds. The molecule has 1 N–H and O–H groups in total. The van der Waals surface area contributed by atoms with Gasteiger partial charge in [-0.1, -0.05) is 47.1 Å². The van der Waals surface area contributed by atoms with E-state index in [0.717, 1.165) is 16.8 Å². The van der Waals surface area contributed by atoms with E-state index in [1.165, 1.54) is 53.2 Å². The summed E-state index contributed by atoms with van der Waals surface area (Å²) in [6.45, 7) is -0.449. The number of rotatable bonds is 10. The molecule has 5 rings (SSSR count). The average molecular weight is 612 g/mol. The number of benzene rings is 4. The fraction of sp³-hybridized carbons (Fsp3) is 0.0357. The van der Waals surface area contributed by atoms with Crippen molar-refractivity contribution in [1.82, 2.24) is 9.90 Å². The van der Waals surface area contributed by atoms with Gasteiger partial charge < -0.3 is 5.11 Å². The Morgan fingerprint density at radius 1 is 0.711 bits per heavy atom. The van der Waals surface area contributed by atoms with Crippen LogP contribution in [0.2, 0.25) is 0 Å². The summed E-state index contributed by atoms with van der Waals surface area (Å²) in [4.78, 5) is 56.4. The van der Waals surface area contributed by atoms with Crippen LogP contribution in [0.1, 0.15) is 21.5 Å². The largest absolute Gasteiger partial charge is 0.503 e. The molecule has 0 unspecified atom stereocenters. The van der Waals surface area contributed by atoms with Crippen LogP contribution in [0.4, 0.5) is 22.7 Å². The molecule has 1 heterocycles. The quantitative estimate of drug-likeness (QED) is 0.0563. The van der Waals surface area contributed by atoms with Gasteiger partial charge in [0.05, 0.1) is 37.0 Å². The zero-order valence-electron chi connectivity index (χ0n) is 22.6. The molecule has 17 heteroatoms. The van der Waals surface area contributed by atoms with Crippen LogP contribution < -0.4 is 4.68 Å². The molecular weight excluding hydrogens is 594 g/mol. The van der Waals surface area contributed by atoms with Gasteiger partial charge in [0, 0.05) is 23.3 Å². The van der Waals surface area contributed by atoms with Crippen LogP contribution in [-0.2, 0) is 6.54 Å². The number of aliphatic hydroxyl groups excluding tert-OH is 1. The van der Waals surface area contributed by atoms with Crippen molar-refractivity contribution in [3.05, 3.63) is 148 Å². The number of carbonyl (C=O) groups excluding carboxylic acids is 1. The van der Waals surface area contributed by atoms with Crippen LogP contribution in [-0.4, -0.2) is 40.5 Å². The van der Waals surface area contributed by atoms with Gasteiger partial charge in [-0.15, -0.1) is 4.68 Å². The number of hydrogen-bond acceptors (Lipinski definition) is 11. The second kappa shape index (κ2) is 11.8. The first-order chi connectivity index (χ1) is 21.5. The van der Waals surface area contributed by atoms with E-state index >= 15 is 0 Å². The summed E-state index contributed by atoms with van der Waals surface area (Å²) < 4.78 is 2.16. The Bertz CT molecular complexity index is 2040. The van der Waals surface area contributed by atoms with Gasteiger partial charge in [0.25, 0.3) is 22.7 Å². The van der Waals surface area contributed by atoms with E-state index in [1.54, 1.807) is 18.2 Å². The van der Waals surface area contributed by atoms with Crippen LogP contribution in [0.5, 0.6) is 0 Å². The third-order valence-electron chi connectivity index (χ3n) is 6.68. The highest BCUT2D eigenvalue weighted by Crippen LogP contribution is 2.41. The van der Waals surface area contributed by atoms with E-state index in [0.29, 0.717) is 12.1 Å². The number of Topliss-reactive ketones (excluding diaryl/α,β-unsaturated/α-hetero) is 1. The fourth-order valence-corrected chi connectivity index (χ4v) is 4.63. The number of nitro benzene ring substituents is 4. The minimum atomic E-state index is -1.05. The maximum absolute atomic E-state index is 13.2. The standard InChI is InChI=1S/C28H17N7O10/c36-25(17-10-12-19(13-11-17)32(38)39)16-30-21-8-4-5-9-22(21)31(29-30)27(28(37)18-6-2-1-3-7-18)26-23(34(42)43)14-20(33(40)41)15-24(26)35(44)45/h1-15H,16H2/p+1. The number of para-hydroxylation sites is 2. The summed E-state index contributed by atoms with van der Waals surface area (Å²) in [7, 11) is 0. The van der Waals surface area contributed by atoms with Crippen molar-refractivity contribution in [2.75, 3.05) is 0 Å². The molecule has 45 heavy (non-hydrogen) atoms. The van der Waals surface area contributed by atoms with E-state index in [2.05, 4.69) is 5.21 Å². The first-order valence-electron chi connectivity index (χ1n) is 12.7. The number of aliphatic hydroxyl groups is 1. The molecule has 0 fully saturated rings. The Hall–Kier alpha value is -6.91. The minimum absolute atomic E-state index is 0.0718. The van der Waals surface area contributed by atoms with Crippen LogP contribution >= 0.6 is 0 Å². The van der Waals surface area contributed by atoms with Gasteiger partial charge >= 0.3 is 0 Å². The third-order valence-corrected chi connectivity index (χ3v) is 6.68. The van der Waals surface area contributed by atoms with Crippen LogP contribution in [0.25, 0.3) is 22.5 Å². The number of nitrogens with zero attached hydrogens (tertiary/aromatic N) is 7. The Morgan fingerprint density at radius 2 is 1.27 bits per heavy atom. The molecule has 0 aliphatic carbocycles. The number of fused-ring (bicyclic) bond motifs is 1. The number of nitro groups is 4. The lowest BCUT2D eigenvalue weighted by molar-refractivity contribution is -0.719. The van der Waals surface area contributed by atoms with Crippen LogP contribution in [0, 0.1) is 40.5 Å². The second-order valence-electron chi connectivity index (χ2n) is 9.37. The van der Waals surface area contributed by atoms with Gasteiger partial charge in [-0.3, -0.25) is 45.3 Å². The third kappa shape index (κ3) is 5.63. The molecule has 0 spiro atoms. The Balaban J connectivity index is 1.80. The van der Waals surface area contributed by atoms with Crippen molar-refractivity contribution in [1.29, 1.82) is 0 Å². The first kappa shape index (κ1) is 29.6. The lowest BCUT2D eigenvalue weighted by Crippen LogP contribution is -2.41. The topological polar surface area (TPSA) is 232 Å². The van der Waals surface area contributed by atoms with Crippen LogP contribution in [0.3, 0.4) is 0 Å². The van der Waals surface area contributed by atoms with Crippen molar-refractivity contribution in [2.24, 2.45) is 0 Å². The Labute approximate surface area is 250 Å². The van der Waals surface area contributed by atoms with Crippen molar-refractivity contribution >= 4 is 51.0 Å². The molecule has 0 saturated carbocycles. The Morgan fingerprint density at radius 3 is 1.82 bits per heavy atom. The highest BCUT2D eigenvalue weighted by atomic mass is 16.6. The van der Waals surface area contributed by atoms with Gasteiger partial charge in [0.1, 0.15) is 0 Å². The van der Waals surface area contributed by atoms with E-state index in [1.807, 2.05) is 0 Å². The molecule has 0 aliphatic rings. The van der Waals surface area contributed by atoms with Gasteiger partial charge in [-0.25, -0.2) is 0 Å². The summed E-state index contributed by atoms with van der Waals surface area (Å²) in [5.74, 6) is -1.23. The van der Waals surface area contributed by atoms with Crippen LogP contribution in [0.15, 0.2) is 91.0 Å². The lowest BCUT2D eigenvalue weighted by Gasteiger charge is -2.09. The summed E-state index contributed by atoms with van der Waals surface area (Å²) in [5.41, 5.74) is -4.02. The van der Waals surface area contributed by atoms with Gasteiger partial charge in [0.15, 0.2) is 23.4 Å². The van der Waals surface area contributed by atoms with Gasteiger partial charge in [-0.05, 0) is 24.3 Å². The molecule has 0 atom stereocenters. The maximum Gasteiger partial charge on any atom is 0.295 e. The van der Waals surface area contributed by atoms with E-state index < -0.39 is 66.1 Å². The smallest absolute Gasteiger partial charge is 0.295 e. The summed E-state index contributed by atoms with van der Waals surface area (Å²) in [6.07, 6.45) is 0. The van der Waals surface area contributed by atoms with E-state index in [4.69, 9.17) is 0 Å². The van der Waals surface area contributed by atoms with Crippen molar-refractivity contribution < 1.29 is 34.3 Å². The molecule has 0 aliphatic heterocycles. The van der Waals surface area contributed by atoms with Crippen molar-refractivity contribution in [3.8, 4) is 0 Å². The zero-order valence-corrected chi connectivity index (χ0v) is 22.6. The van der Waals surface area contributed by atoms with E-state index in [-0.39, 0.29) is 27.8 Å². The monoisotopic (exact) mass is 612 g/mol. The predicted octanol–water partition coefficient (Wildman–Crippen LogP) is 4.77. The Kier molecular flexibility index (Phi) is 7.73. The number of carbonyl (C=O) groups is 1. The SMILES string of the molecule is O=C(C[n+]1nn(/C(=C(/O)c2ccccc2)c2c([N+](=O)[O-])cc([N+](=O)[O-])cc2[N+](=O)[O-])c2ccccc21)c1ccc([N+](=O)[O-])cc1. The number of hydrogen-bond donors (Lipinski definition) is 1. The zero-order chi connectivity index (χ0) is 32.4. The minimum Gasteiger partial charge on any atom is -0.503 e. The summed E-state index contributed by atoms with van der Waals surface area (Å²) in [6, 6.07) is 19.6. The molecule has 5 aromatic rings. The molecule has 4 aromatic carbocycles. The van der Waals surface area contributed by atoms with Crippen molar-refractivity contribution in [3.63, 3.8) is 0 Å². The fourth-order valence-electron chi connectivity index (χ4n) is 4.63. The first-order valence-corrected chi connectivity index (χ1v) is 12.7. The number of non-ortho nitro benzene ring substituents is 2. The highest BCUT2D eigenvalue weighted by Gasteiger charge is 2.40. The highest BCUT2D eigenvalue weighted by molar-refractivity contribution is 5.97. The molecule has 1 aromatic heterocycles. The predicted molar refractivity (Wildman–Crippen MR) is 155 cm³/mol.